The molecule has 0 bridgehead atoms. The van der Waals surface area contributed by atoms with Crippen LogP contribution in [0.4, 0.5) is 0 Å². The van der Waals surface area contributed by atoms with Crippen molar-refractivity contribution in [1.82, 2.24) is 4.57 Å². The van der Waals surface area contributed by atoms with Gasteiger partial charge in [-0.05, 0) is 28.3 Å². The molecule has 0 saturated carbocycles. The van der Waals surface area contributed by atoms with Gasteiger partial charge in [-0.3, -0.25) is 0 Å². The van der Waals surface area contributed by atoms with Crippen LogP contribution in [-0.2, 0) is 7.05 Å². The SMILES string of the molecule is Cn1c2ccccc2c2c3ccc4ccccc4c3c3sc4ccccc4c3c21. The number of para-hydroxylation sites is 1. The molecule has 1 nitrogen and oxygen atoms in total. The lowest BCUT2D eigenvalue weighted by atomic mass is 9.95. The first-order valence-corrected chi connectivity index (χ1v) is 10.8. The number of aromatic nitrogens is 1. The number of rotatable bonds is 0. The molecule has 0 saturated heterocycles. The molecule has 2 heterocycles. The van der Waals surface area contributed by atoms with Crippen molar-refractivity contribution in [2.24, 2.45) is 7.05 Å². The van der Waals surface area contributed by atoms with Gasteiger partial charge in [0, 0.05) is 48.9 Å². The second kappa shape index (κ2) is 5.37. The van der Waals surface area contributed by atoms with E-state index in [0.29, 0.717) is 0 Å². The van der Waals surface area contributed by atoms with Crippen molar-refractivity contribution in [3.8, 4) is 0 Å². The Morgan fingerprint density at radius 1 is 0.586 bits per heavy atom. The lowest BCUT2D eigenvalue weighted by Gasteiger charge is -2.09. The van der Waals surface area contributed by atoms with Crippen LogP contribution in [0.5, 0.6) is 0 Å². The summed E-state index contributed by atoms with van der Waals surface area (Å²) in [7, 11) is 2.21. The molecule has 0 radical (unpaired) electrons. The molecule has 0 spiro atoms. The van der Waals surface area contributed by atoms with Gasteiger partial charge >= 0.3 is 0 Å². The number of hydrogen-bond donors (Lipinski definition) is 0. The van der Waals surface area contributed by atoms with E-state index in [1.165, 1.54) is 63.5 Å². The molecule has 0 atom stereocenters. The molecule has 2 heteroatoms. The Kier molecular flexibility index (Phi) is 2.88. The Hall–Kier alpha value is -3.36. The van der Waals surface area contributed by atoms with Gasteiger partial charge < -0.3 is 4.57 Å². The molecule has 0 aliphatic carbocycles. The maximum Gasteiger partial charge on any atom is 0.0589 e. The predicted octanol–water partition coefficient (Wildman–Crippen LogP) is 8.01. The van der Waals surface area contributed by atoms with Crippen molar-refractivity contribution < 1.29 is 0 Å². The summed E-state index contributed by atoms with van der Waals surface area (Å²) in [6.07, 6.45) is 0. The molecule has 0 aliphatic heterocycles. The largest absolute Gasteiger partial charge is 0.343 e. The van der Waals surface area contributed by atoms with Crippen LogP contribution in [0.1, 0.15) is 0 Å². The van der Waals surface area contributed by atoms with E-state index in [2.05, 4.69) is 96.5 Å². The minimum Gasteiger partial charge on any atom is -0.343 e. The predicted molar refractivity (Wildman–Crippen MR) is 128 cm³/mol. The third-order valence-corrected chi connectivity index (χ3v) is 7.55. The number of fused-ring (bicyclic) bond motifs is 12. The van der Waals surface area contributed by atoms with Gasteiger partial charge in [0.2, 0.25) is 0 Å². The van der Waals surface area contributed by atoms with Gasteiger partial charge in [0.05, 0.1) is 5.52 Å². The molecule has 0 N–H and O–H groups in total. The Balaban J connectivity index is 1.97. The fourth-order valence-corrected chi connectivity index (χ4v) is 6.42. The Morgan fingerprint density at radius 2 is 1.31 bits per heavy atom. The molecule has 2 aromatic heterocycles. The van der Waals surface area contributed by atoms with Gasteiger partial charge in [-0.15, -0.1) is 11.3 Å². The number of nitrogens with zero attached hydrogens (tertiary/aromatic N) is 1. The average molecular weight is 388 g/mol. The molecular formula is C27H17NS. The number of aryl methyl sites for hydroxylation is 1. The zero-order valence-electron chi connectivity index (χ0n) is 15.9. The molecule has 0 fully saturated rings. The fraction of sp³-hybridized carbons (Fsp3) is 0.0370. The number of hydrogen-bond acceptors (Lipinski definition) is 1. The summed E-state index contributed by atoms with van der Waals surface area (Å²) in [6, 6.07) is 31.1. The summed E-state index contributed by atoms with van der Waals surface area (Å²) in [5.74, 6) is 0. The van der Waals surface area contributed by atoms with E-state index in [9.17, 15) is 0 Å². The first-order valence-electron chi connectivity index (χ1n) is 9.95. The number of benzene rings is 5. The Labute approximate surface area is 171 Å². The van der Waals surface area contributed by atoms with E-state index in [1.807, 2.05) is 11.3 Å². The van der Waals surface area contributed by atoms with E-state index in [4.69, 9.17) is 0 Å². The number of thiophene rings is 1. The standard InChI is InChI=1S/C27H17NS/c1-28-21-12-6-4-10-18(21)23-20-15-14-16-8-2-3-9-17(16)24(20)27-25(26(23)28)19-11-5-7-13-22(19)29-27/h2-15H,1H3. The van der Waals surface area contributed by atoms with Gasteiger partial charge in [-0.2, -0.15) is 0 Å². The van der Waals surface area contributed by atoms with Crippen LogP contribution in [0.25, 0.3) is 63.5 Å². The van der Waals surface area contributed by atoms with Crippen molar-refractivity contribution in [2.75, 3.05) is 0 Å². The minimum atomic E-state index is 1.29. The zero-order valence-corrected chi connectivity index (χ0v) is 16.8. The van der Waals surface area contributed by atoms with Crippen molar-refractivity contribution >= 4 is 74.9 Å². The molecule has 7 rings (SSSR count). The minimum absolute atomic E-state index is 1.29. The maximum absolute atomic E-state index is 2.39. The van der Waals surface area contributed by atoms with Crippen LogP contribution in [-0.4, -0.2) is 4.57 Å². The molecule has 7 aromatic rings. The lowest BCUT2D eigenvalue weighted by molar-refractivity contribution is 1.02. The summed E-state index contributed by atoms with van der Waals surface area (Å²) in [5.41, 5.74) is 2.64. The molecule has 0 unspecified atom stereocenters. The third kappa shape index (κ3) is 1.85. The monoisotopic (exact) mass is 387 g/mol. The van der Waals surface area contributed by atoms with E-state index in [-0.39, 0.29) is 0 Å². The van der Waals surface area contributed by atoms with Crippen LogP contribution in [0.3, 0.4) is 0 Å². The smallest absolute Gasteiger partial charge is 0.0589 e. The highest BCUT2D eigenvalue weighted by molar-refractivity contribution is 7.27. The summed E-state index contributed by atoms with van der Waals surface area (Å²) in [5, 5.41) is 10.9. The average Bonchev–Trinajstić information content (AvgIpc) is 3.29. The normalized spacial score (nSPS) is 12.3. The van der Waals surface area contributed by atoms with Crippen LogP contribution in [0.2, 0.25) is 0 Å². The quantitative estimate of drug-likeness (QED) is 0.232. The molecular weight excluding hydrogens is 370 g/mol. The van der Waals surface area contributed by atoms with Crippen molar-refractivity contribution in [3.63, 3.8) is 0 Å². The van der Waals surface area contributed by atoms with E-state index < -0.39 is 0 Å². The summed E-state index contributed by atoms with van der Waals surface area (Å²) in [4.78, 5) is 0. The highest BCUT2D eigenvalue weighted by Gasteiger charge is 2.20. The topological polar surface area (TPSA) is 4.93 Å². The van der Waals surface area contributed by atoms with Crippen LogP contribution in [0.15, 0.2) is 84.9 Å². The first kappa shape index (κ1) is 15.5. The Morgan fingerprint density at radius 3 is 2.21 bits per heavy atom. The molecule has 136 valence electrons. The first-order chi connectivity index (χ1) is 14.3. The summed E-state index contributed by atoms with van der Waals surface area (Å²) < 4.78 is 5.15. The molecule has 29 heavy (non-hydrogen) atoms. The third-order valence-electron chi connectivity index (χ3n) is 6.36. The maximum atomic E-state index is 2.39. The summed E-state index contributed by atoms with van der Waals surface area (Å²) >= 11 is 1.93. The van der Waals surface area contributed by atoms with E-state index in [1.54, 1.807) is 0 Å². The summed E-state index contributed by atoms with van der Waals surface area (Å²) in [6.45, 7) is 0. The van der Waals surface area contributed by atoms with Gasteiger partial charge in [0.1, 0.15) is 0 Å². The Bertz CT molecular complexity index is 1760. The van der Waals surface area contributed by atoms with Crippen molar-refractivity contribution in [3.05, 3.63) is 84.9 Å². The molecule has 5 aromatic carbocycles. The second-order valence-corrected chi connectivity index (χ2v) is 8.86. The van der Waals surface area contributed by atoms with Crippen molar-refractivity contribution in [1.29, 1.82) is 0 Å². The lowest BCUT2D eigenvalue weighted by Crippen LogP contribution is -1.88. The van der Waals surface area contributed by atoms with Crippen LogP contribution < -0.4 is 0 Å². The zero-order chi connectivity index (χ0) is 19.1. The van der Waals surface area contributed by atoms with Crippen molar-refractivity contribution in [2.45, 2.75) is 0 Å². The van der Waals surface area contributed by atoms with Gasteiger partial charge in [0.15, 0.2) is 0 Å². The van der Waals surface area contributed by atoms with E-state index >= 15 is 0 Å². The highest BCUT2D eigenvalue weighted by Crippen LogP contribution is 2.48. The van der Waals surface area contributed by atoms with Gasteiger partial charge in [-0.1, -0.05) is 72.8 Å². The van der Waals surface area contributed by atoms with Gasteiger partial charge in [0.25, 0.3) is 0 Å². The fourth-order valence-electron chi connectivity index (χ4n) is 5.14. The second-order valence-electron chi connectivity index (χ2n) is 7.81. The molecule has 0 aliphatic rings. The van der Waals surface area contributed by atoms with Crippen LogP contribution >= 0.6 is 11.3 Å². The van der Waals surface area contributed by atoms with Crippen LogP contribution in [0, 0.1) is 0 Å². The van der Waals surface area contributed by atoms with Gasteiger partial charge in [-0.25, -0.2) is 0 Å². The highest BCUT2D eigenvalue weighted by atomic mass is 32.1. The molecule has 0 amide bonds. The van der Waals surface area contributed by atoms with E-state index in [0.717, 1.165) is 0 Å².